The van der Waals surface area contributed by atoms with Crippen molar-refractivity contribution in [2.45, 2.75) is 136 Å². The molecule has 0 aromatic rings. The molecule has 0 amide bonds. The molecule has 0 N–H and O–H groups in total. The number of ether oxygens (including phenoxy) is 3. The summed E-state index contributed by atoms with van der Waals surface area (Å²) < 4.78 is 16.2. The summed E-state index contributed by atoms with van der Waals surface area (Å²) in [4.78, 5) is 38.3. The van der Waals surface area contributed by atoms with E-state index in [1.807, 2.05) is 56.6 Å². The van der Waals surface area contributed by atoms with Gasteiger partial charge in [0.05, 0.1) is 6.42 Å². The van der Waals surface area contributed by atoms with Crippen LogP contribution in [0, 0.1) is 0 Å². The Morgan fingerprint density at radius 1 is 0.604 bits per heavy atom. The van der Waals surface area contributed by atoms with Crippen LogP contribution in [0.15, 0.2) is 72.9 Å². The van der Waals surface area contributed by atoms with Gasteiger partial charge in [0.15, 0.2) is 0 Å². The van der Waals surface area contributed by atoms with Gasteiger partial charge < -0.3 is 19.1 Å². The van der Waals surface area contributed by atoms with Crippen LogP contribution in [0.25, 0.3) is 0 Å². The van der Waals surface area contributed by atoms with Crippen molar-refractivity contribution in [1.82, 2.24) is 4.90 Å². The van der Waals surface area contributed by atoms with Gasteiger partial charge in [0.1, 0.15) is 19.3 Å². The molecular formula is C41H67NO6. The van der Waals surface area contributed by atoms with Crippen LogP contribution in [0.1, 0.15) is 129 Å². The molecule has 272 valence electrons. The molecule has 0 spiro atoms. The highest BCUT2D eigenvalue weighted by atomic mass is 16.5. The minimum Gasteiger partial charge on any atom is -0.462 e. The highest BCUT2D eigenvalue weighted by molar-refractivity contribution is 5.81. The minimum atomic E-state index is -0.335. The van der Waals surface area contributed by atoms with Gasteiger partial charge >= 0.3 is 17.9 Å². The zero-order chi connectivity index (χ0) is 35.3. The van der Waals surface area contributed by atoms with Gasteiger partial charge in [-0.05, 0) is 78.4 Å². The van der Waals surface area contributed by atoms with Gasteiger partial charge in [-0.25, -0.2) is 4.79 Å². The average molecular weight is 670 g/mol. The van der Waals surface area contributed by atoms with Crippen LogP contribution in [0.5, 0.6) is 0 Å². The largest absolute Gasteiger partial charge is 0.462 e. The lowest BCUT2D eigenvalue weighted by atomic mass is 10.1. The Labute approximate surface area is 293 Å². The van der Waals surface area contributed by atoms with Crippen molar-refractivity contribution in [3.05, 3.63) is 72.9 Å². The highest BCUT2D eigenvalue weighted by Gasteiger charge is 2.12. The fourth-order valence-electron chi connectivity index (χ4n) is 4.57. The Kier molecular flexibility index (Phi) is 32.8. The summed E-state index contributed by atoms with van der Waals surface area (Å²) in [6.07, 6.45) is 39.7. The summed E-state index contributed by atoms with van der Waals surface area (Å²) in [5.74, 6) is -0.735. The first-order valence-electron chi connectivity index (χ1n) is 18.5. The fraction of sp³-hybridized carbons (Fsp3) is 0.634. The molecule has 0 fully saturated rings. The first-order valence-corrected chi connectivity index (χ1v) is 18.5. The van der Waals surface area contributed by atoms with E-state index < -0.39 is 0 Å². The van der Waals surface area contributed by atoms with Crippen LogP contribution >= 0.6 is 0 Å². The maximum absolute atomic E-state index is 12.4. The molecule has 0 saturated carbocycles. The van der Waals surface area contributed by atoms with E-state index in [0.29, 0.717) is 45.3 Å². The highest BCUT2D eigenvalue weighted by Crippen LogP contribution is 2.12. The van der Waals surface area contributed by atoms with Crippen molar-refractivity contribution >= 4 is 17.9 Å². The molecule has 1 atom stereocenters. The fourth-order valence-corrected chi connectivity index (χ4v) is 4.57. The number of rotatable bonds is 31. The van der Waals surface area contributed by atoms with Crippen LogP contribution < -0.4 is 0 Å². The third kappa shape index (κ3) is 34.2. The lowest BCUT2D eigenvalue weighted by Gasteiger charge is -2.16. The van der Waals surface area contributed by atoms with Crippen LogP contribution in [0.4, 0.5) is 0 Å². The number of unbranched alkanes of at least 4 members (excludes halogenated alkanes) is 8. The Morgan fingerprint density at radius 3 is 1.88 bits per heavy atom. The van der Waals surface area contributed by atoms with Crippen molar-refractivity contribution in [2.75, 3.05) is 33.9 Å². The molecule has 0 aliphatic heterocycles. The van der Waals surface area contributed by atoms with Gasteiger partial charge in [-0.3, -0.25) is 9.59 Å². The van der Waals surface area contributed by atoms with Crippen molar-refractivity contribution < 1.29 is 28.6 Å². The number of allylic oxidation sites excluding steroid dienone is 7. The van der Waals surface area contributed by atoms with Crippen molar-refractivity contribution in [3.8, 4) is 0 Å². The summed E-state index contributed by atoms with van der Waals surface area (Å²) in [7, 11) is 3.98. The van der Waals surface area contributed by atoms with Gasteiger partial charge in [0.2, 0.25) is 0 Å². The Bertz CT molecular complexity index is 975. The molecule has 0 aromatic carbocycles. The summed E-state index contributed by atoms with van der Waals surface area (Å²) in [6.45, 7) is 5.88. The average Bonchev–Trinajstić information content (AvgIpc) is 3.05. The maximum Gasteiger partial charge on any atom is 0.330 e. The molecule has 48 heavy (non-hydrogen) atoms. The monoisotopic (exact) mass is 669 g/mol. The van der Waals surface area contributed by atoms with Gasteiger partial charge in [0, 0.05) is 18.9 Å². The molecule has 0 aromatic heterocycles. The lowest BCUT2D eigenvalue weighted by Crippen LogP contribution is -2.19. The van der Waals surface area contributed by atoms with E-state index in [1.165, 1.54) is 57.4 Å². The second-order valence-corrected chi connectivity index (χ2v) is 12.3. The van der Waals surface area contributed by atoms with Crippen LogP contribution in [-0.2, 0) is 28.6 Å². The van der Waals surface area contributed by atoms with E-state index in [4.69, 9.17) is 14.2 Å². The topological polar surface area (TPSA) is 82.1 Å². The van der Waals surface area contributed by atoms with E-state index in [0.717, 1.165) is 32.2 Å². The van der Waals surface area contributed by atoms with Gasteiger partial charge in [0.25, 0.3) is 0 Å². The molecule has 0 bridgehead atoms. The number of hydrogen-bond acceptors (Lipinski definition) is 7. The second kappa shape index (κ2) is 35.1. The summed E-state index contributed by atoms with van der Waals surface area (Å²) in [6, 6.07) is 0. The van der Waals surface area contributed by atoms with Crippen LogP contribution in [-0.4, -0.2) is 62.8 Å². The summed E-state index contributed by atoms with van der Waals surface area (Å²) in [5, 5.41) is 0. The molecule has 0 aliphatic rings. The minimum absolute atomic E-state index is 0.170. The number of carbonyl (C=O) groups is 3. The van der Waals surface area contributed by atoms with Gasteiger partial charge in [-0.15, -0.1) is 0 Å². The third-order valence-corrected chi connectivity index (χ3v) is 7.37. The lowest BCUT2D eigenvalue weighted by molar-refractivity contribution is -0.149. The van der Waals surface area contributed by atoms with E-state index in [1.54, 1.807) is 6.08 Å². The maximum atomic E-state index is 12.4. The van der Waals surface area contributed by atoms with E-state index in [2.05, 4.69) is 37.0 Å². The Balaban J connectivity index is 4.45. The normalized spacial score (nSPS) is 12.9. The predicted molar refractivity (Wildman–Crippen MR) is 200 cm³/mol. The first-order chi connectivity index (χ1) is 23.4. The molecule has 0 radical (unpaired) electrons. The number of hydrogen-bond donors (Lipinski definition) is 0. The number of nitrogens with zero attached hydrogens (tertiary/aromatic N) is 1. The SMILES string of the molecule is CCCCCC/C=C\COC(=O)/C=C\C/C=C\CCC(C/C=C\C/C=C\CC(=O)OC/C=C\CCCCCC)OC(=O)CCCN(C)C. The molecule has 7 heteroatoms. The first kappa shape index (κ1) is 44.8. The smallest absolute Gasteiger partial charge is 0.330 e. The predicted octanol–water partition coefficient (Wildman–Crippen LogP) is 9.94. The molecule has 0 aliphatic carbocycles. The molecule has 0 rings (SSSR count). The van der Waals surface area contributed by atoms with E-state index in [-0.39, 0.29) is 30.4 Å². The van der Waals surface area contributed by atoms with Crippen molar-refractivity contribution in [3.63, 3.8) is 0 Å². The Morgan fingerprint density at radius 2 is 1.21 bits per heavy atom. The van der Waals surface area contributed by atoms with Gasteiger partial charge in [-0.2, -0.15) is 0 Å². The van der Waals surface area contributed by atoms with Crippen LogP contribution in [0.2, 0.25) is 0 Å². The summed E-state index contributed by atoms with van der Waals surface area (Å²) >= 11 is 0. The third-order valence-electron chi connectivity index (χ3n) is 7.37. The molecule has 1 unspecified atom stereocenters. The Hall–Kier alpha value is -3.19. The molecule has 7 nitrogen and oxygen atoms in total. The standard InChI is InChI=1S/C41H67NO6/c1-5-7-9-11-13-21-27-36-46-39(43)32-25-19-15-17-23-30-38(48-41(45)34-29-35-42(3)4)31-24-18-16-20-26-33-40(44)47-37-28-22-14-12-10-8-6-2/h15,17-18,20-22,24-28,32,38H,5-14,16,19,23,29-31,33-37H2,1-4H3/b17-15-,24-18-,26-20-,27-21-,28-22-,32-25-. The van der Waals surface area contributed by atoms with E-state index >= 15 is 0 Å². The molecule has 0 saturated heterocycles. The van der Waals surface area contributed by atoms with Crippen molar-refractivity contribution in [1.29, 1.82) is 0 Å². The molecule has 0 heterocycles. The van der Waals surface area contributed by atoms with Gasteiger partial charge in [-0.1, -0.05) is 119 Å². The van der Waals surface area contributed by atoms with Crippen LogP contribution in [0.3, 0.4) is 0 Å². The second-order valence-electron chi connectivity index (χ2n) is 12.3. The number of carbonyl (C=O) groups excluding carboxylic acids is 3. The zero-order valence-electron chi connectivity index (χ0n) is 30.8. The number of esters is 3. The summed E-state index contributed by atoms with van der Waals surface area (Å²) in [5.41, 5.74) is 0. The quantitative estimate of drug-likeness (QED) is 0.0239. The molecular weight excluding hydrogens is 602 g/mol. The zero-order valence-corrected chi connectivity index (χ0v) is 30.8. The van der Waals surface area contributed by atoms with Crippen molar-refractivity contribution in [2.24, 2.45) is 0 Å². The van der Waals surface area contributed by atoms with E-state index in [9.17, 15) is 14.4 Å².